The zero-order valence-corrected chi connectivity index (χ0v) is 13.1. The van der Waals surface area contributed by atoms with Crippen molar-refractivity contribution >= 4 is 0 Å². The topological polar surface area (TPSA) is 13.0 Å². The number of hydrogen-bond acceptors (Lipinski definition) is 4. The van der Waals surface area contributed by atoms with Gasteiger partial charge in [0.05, 0.1) is 6.17 Å². The summed E-state index contributed by atoms with van der Waals surface area (Å²) in [6.45, 7) is 17.3. The quantitative estimate of drug-likeness (QED) is 0.742. The van der Waals surface area contributed by atoms with Crippen molar-refractivity contribution in [1.29, 1.82) is 0 Å². The molecular weight excluding hydrogens is 236 g/mol. The largest absolute Gasteiger partial charge is 0.305 e. The second kappa shape index (κ2) is 4.99. The van der Waals surface area contributed by atoms with Crippen LogP contribution in [-0.4, -0.2) is 91.2 Å². The fourth-order valence-electron chi connectivity index (χ4n) is 4.24. The molecule has 0 N–H and O–H groups in total. The molecule has 1 atom stereocenters. The zero-order valence-electron chi connectivity index (χ0n) is 13.1. The van der Waals surface area contributed by atoms with Crippen LogP contribution >= 0.6 is 0 Å². The number of hydrogen-bond donors (Lipinski definition) is 0. The van der Waals surface area contributed by atoms with E-state index in [9.17, 15) is 0 Å². The van der Waals surface area contributed by atoms with E-state index in [1.807, 2.05) is 0 Å². The minimum atomic E-state index is 0.644. The van der Waals surface area contributed by atoms with E-state index in [1.165, 1.54) is 52.4 Å². The van der Waals surface area contributed by atoms with E-state index in [2.05, 4.69) is 47.4 Å². The molecule has 0 amide bonds. The van der Waals surface area contributed by atoms with E-state index in [0.29, 0.717) is 17.6 Å². The van der Waals surface area contributed by atoms with Crippen molar-refractivity contribution in [2.24, 2.45) is 5.41 Å². The van der Waals surface area contributed by atoms with Crippen molar-refractivity contribution in [3.05, 3.63) is 0 Å². The van der Waals surface area contributed by atoms with Crippen molar-refractivity contribution in [2.75, 3.05) is 59.4 Å². The van der Waals surface area contributed by atoms with Gasteiger partial charge < -0.3 is 4.90 Å². The molecule has 110 valence electrons. The summed E-state index contributed by atoms with van der Waals surface area (Å²) in [6, 6.07) is 0.704. The Hall–Kier alpha value is -0.160. The second-order valence-corrected chi connectivity index (χ2v) is 7.37. The Kier molecular flexibility index (Phi) is 3.63. The predicted octanol–water partition coefficient (Wildman–Crippen LogP) is 0.606. The van der Waals surface area contributed by atoms with Gasteiger partial charge in [-0.15, -0.1) is 0 Å². The van der Waals surface area contributed by atoms with Gasteiger partial charge in [0.25, 0.3) is 0 Å². The van der Waals surface area contributed by atoms with Gasteiger partial charge in [-0.1, -0.05) is 0 Å². The first-order valence-corrected chi connectivity index (χ1v) is 7.90. The molecule has 3 fully saturated rings. The molecule has 0 saturated carbocycles. The number of nitrogens with zero attached hydrogens (tertiary/aromatic N) is 4. The van der Waals surface area contributed by atoms with E-state index in [-0.39, 0.29) is 0 Å². The molecule has 0 aliphatic carbocycles. The molecule has 0 radical (unpaired) electrons. The maximum Gasteiger partial charge on any atom is 0.0594 e. The van der Waals surface area contributed by atoms with Crippen LogP contribution in [0.2, 0.25) is 0 Å². The Morgan fingerprint density at radius 2 is 1.26 bits per heavy atom. The Balaban J connectivity index is 1.44. The predicted molar refractivity (Wildman–Crippen MR) is 79.2 cm³/mol. The van der Waals surface area contributed by atoms with Gasteiger partial charge in [0.2, 0.25) is 0 Å². The van der Waals surface area contributed by atoms with E-state index < -0.39 is 0 Å². The standard InChI is InChI=1S/C15H30N4/c1-13(2)17-5-7-18(8-6-17)14(3)19-11-15(12-19)9-16(4)10-15/h13-14H,5-12H2,1-4H3. The summed E-state index contributed by atoms with van der Waals surface area (Å²) in [4.78, 5) is 10.4. The summed E-state index contributed by atoms with van der Waals surface area (Å²) in [5, 5.41) is 0. The summed E-state index contributed by atoms with van der Waals surface area (Å²) in [5.41, 5.74) is 0.669. The van der Waals surface area contributed by atoms with Gasteiger partial charge in [0.1, 0.15) is 0 Å². The van der Waals surface area contributed by atoms with Crippen LogP contribution in [0.3, 0.4) is 0 Å². The van der Waals surface area contributed by atoms with E-state index >= 15 is 0 Å². The average molecular weight is 266 g/mol. The first-order chi connectivity index (χ1) is 8.99. The lowest BCUT2D eigenvalue weighted by molar-refractivity contribution is -0.147. The van der Waals surface area contributed by atoms with Crippen LogP contribution in [0.15, 0.2) is 0 Å². The van der Waals surface area contributed by atoms with Gasteiger partial charge in [-0.25, -0.2) is 0 Å². The average Bonchev–Trinajstić information content (AvgIpc) is 2.31. The molecule has 19 heavy (non-hydrogen) atoms. The van der Waals surface area contributed by atoms with Crippen LogP contribution in [0.25, 0.3) is 0 Å². The Bertz CT molecular complexity index is 308. The third kappa shape index (κ3) is 2.56. The fraction of sp³-hybridized carbons (Fsp3) is 1.00. The van der Waals surface area contributed by atoms with E-state index in [0.717, 1.165) is 0 Å². The molecule has 1 unspecified atom stereocenters. The van der Waals surface area contributed by atoms with Crippen LogP contribution in [0.1, 0.15) is 20.8 Å². The van der Waals surface area contributed by atoms with Gasteiger partial charge >= 0.3 is 0 Å². The number of likely N-dealkylation sites (tertiary alicyclic amines) is 2. The third-order valence-electron chi connectivity index (χ3n) is 5.42. The maximum absolute atomic E-state index is 2.68. The van der Waals surface area contributed by atoms with Gasteiger partial charge in [-0.2, -0.15) is 0 Å². The summed E-state index contributed by atoms with van der Waals surface area (Å²) >= 11 is 0. The van der Waals surface area contributed by atoms with Gasteiger partial charge in [0, 0.05) is 63.8 Å². The molecule has 3 heterocycles. The van der Waals surface area contributed by atoms with Crippen LogP contribution in [-0.2, 0) is 0 Å². The monoisotopic (exact) mass is 266 g/mol. The first kappa shape index (κ1) is 13.8. The summed E-state index contributed by atoms with van der Waals surface area (Å²) < 4.78 is 0. The van der Waals surface area contributed by atoms with Gasteiger partial charge in [-0.05, 0) is 27.8 Å². The minimum Gasteiger partial charge on any atom is -0.305 e. The molecule has 0 aromatic carbocycles. The van der Waals surface area contributed by atoms with E-state index in [1.54, 1.807) is 0 Å². The van der Waals surface area contributed by atoms with Crippen molar-refractivity contribution in [3.8, 4) is 0 Å². The van der Waals surface area contributed by atoms with Crippen LogP contribution in [0.4, 0.5) is 0 Å². The molecule has 0 aromatic rings. The highest BCUT2D eigenvalue weighted by Crippen LogP contribution is 2.40. The fourth-order valence-corrected chi connectivity index (χ4v) is 4.24. The molecule has 3 aliphatic rings. The molecule has 3 saturated heterocycles. The first-order valence-electron chi connectivity index (χ1n) is 7.90. The number of piperazine rings is 1. The van der Waals surface area contributed by atoms with Gasteiger partial charge in [0.15, 0.2) is 0 Å². The molecule has 3 aliphatic heterocycles. The Morgan fingerprint density at radius 1 is 0.737 bits per heavy atom. The highest BCUT2D eigenvalue weighted by atomic mass is 15.4. The molecule has 0 bridgehead atoms. The Labute approximate surface area is 118 Å². The summed E-state index contributed by atoms with van der Waals surface area (Å²) in [6.07, 6.45) is 0.644. The van der Waals surface area contributed by atoms with E-state index in [4.69, 9.17) is 0 Å². The molecule has 0 aromatic heterocycles. The maximum atomic E-state index is 2.68. The molecule has 4 heteroatoms. The molecular formula is C15H30N4. The second-order valence-electron chi connectivity index (χ2n) is 7.37. The molecule has 4 nitrogen and oxygen atoms in total. The van der Waals surface area contributed by atoms with Crippen molar-refractivity contribution in [3.63, 3.8) is 0 Å². The van der Waals surface area contributed by atoms with Crippen molar-refractivity contribution in [1.82, 2.24) is 19.6 Å². The minimum absolute atomic E-state index is 0.644. The third-order valence-corrected chi connectivity index (χ3v) is 5.42. The van der Waals surface area contributed by atoms with Crippen LogP contribution < -0.4 is 0 Å². The SMILES string of the molecule is CC(C)N1CCN(C(C)N2CC3(CN(C)C3)C2)CC1. The smallest absolute Gasteiger partial charge is 0.0594 e. The normalized spacial score (nSPS) is 31.4. The lowest BCUT2D eigenvalue weighted by Gasteiger charge is -2.62. The molecule has 1 spiro atoms. The zero-order chi connectivity index (χ0) is 13.6. The van der Waals surface area contributed by atoms with Crippen molar-refractivity contribution < 1.29 is 0 Å². The highest BCUT2D eigenvalue weighted by Gasteiger charge is 2.51. The number of rotatable bonds is 3. The van der Waals surface area contributed by atoms with Crippen molar-refractivity contribution in [2.45, 2.75) is 33.0 Å². The van der Waals surface area contributed by atoms with Crippen LogP contribution in [0, 0.1) is 5.41 Å². The van der Waals surface area contributed by atoms with Crippen LogP contribution in [0.5, 0.6) is 0 Å². The highest BCUT2D eigenvalue weighted by molar-refractivity contribution is 5.05. The summed E-state index contributed by atoms with van der Waals surface area (Å²) in [5.74, 6) is 0. The summed E-state index contributed by atoms with van der Waals surface area (Å²) in [7, 11) is 2.24. The Morgan fingerprint density at radius 3 is 1.74 bits per heavy atom. The molecule has 3 rings (SSSR count). The lowest BCUT2D eigenvalue weighted by Crippen LogP contribution is -2.74. The van der Waals surface area contributed by atoms with Gasteiger partial charge in [-0.3, -0.25) is 14.7 Å². The lowest BCUT2D eigenvalue weighted by atomic mass is 9.73.